The van der Waals surface area contributed by atoms with Gasteiger partial charge in [-0.05, 0) is 39.0 Å². The second-order valence-electron chi connectivity index (χ2n) is 6.07. The Morgan fingerprint density at radius 2 is 1.88 bits per heavy atom. The first-order valence-corrected chi connectivity index (χ1v) is 8.23. The van der Waals surface area contributed by atoms with Crippen LogP contribution in [0.15, 0.2) is 42.6 Å². The van der Waals surface area contributed by atoms with Gasteiger partial charge in [0.15, 0.2) is 0 Å². The number of ether oxygens (including phenoxy) is 1. The summed E-state index contributed by atoms with van der Waals surface area (Å²) in [4.78, 5) is 11.9. The molecule has 0 amide bonds. The summed E-state index contributed by atoms with van der Waals surface area (Å²) in [5.41, 5.74) is 4.66. The first-order chi connectivity index (χ1) is 12.0. The zero-order valence-corrected chi connectivity index (χ0v) is 14.9. The Hall–Kier alpha value is -2.89. The molecule has 6 nitrogen and oxygen atoms in total. The van der Waals surface area contributed by atoms with Gasteiger partial charge >= 0.3 is 5.97 Å². The predicted molar refractivity (Wildman–Crippen MR) is 94.8 cm³/mol. The number of methoxy groups -OCH3 is 1. The molecule has 2 heterocycles. The second-order valence-corrected chi connectivity index (χ2v) is 6.07. The van der Waals surface area contributed by atoms with Crippen molar-refractivity contribution in [3.63, 3.8) is 0 Å². The Labute approximate surface area is 147 Å². The Kier molecular flexibility index (Phi) is 4.70. The number of aryl methyl sites for hydroxylation is 1. The van der Waals surface area contributed by atoms with Gasteiger partial charge in [0, 0.05) is 17.5 Å². The van der Waals surface area contributed by atoms with Crippen LogP contribution in [0.1, 0.15) is 35.5 Å². The van der Waals surface area contributed by atoms with Gasteiger partial charge < -0.3 is 4.74 Å². The highest BCUT2D eigenvalue weighted by Crippen LogP contribution is 2.24. The van der Waals surface area contributed by atoms with Crippen LogP contribution in [0.5, 0.6) is 0 Å². The van der Waals surface area contributed by atoms with Crippen molar-refractivity contribution in [2.24, 2.45) is 0 Å². The summed E-state index contributed by atoms with van der Waals surface area (Å²) in [6, 6.07) is 11.9. The van der Waals surface area contributed by atoms with Gasteiger partial charge in [0.05, 0.1) is 36.6 Å². The fourth-order valence-electron chi connectivity index (χ4n) is 3.11. The van der Waals surface area contributed by atoms with Gasteiger partial charge in [-0.2, -0.15) is 10.2 Å². The number of rotatable bonds is 5. The lowest BCUT2D eigenvalue weighted by molar-refractivity contribution is -0.142. The number of esters is 1. The van der Waals surface area contributed by atoms with Crippen LogP contribution < -0.4 is 0 Å². The highest BCUT2D eigenvalue weighted by Gasteiger charge is 2.24. The summed E-state index contributed by atoms with van der Waals surface area (Å²) >= 11 is 0. The third-order valence-electron chi connectivity index (χ3n) is 4.40. The van der Waals surface area contributed by atoms with Crippen LogP contribution in [0, 0.1) is 13.8 Å². The molecule has 1 aromatic carbocycles. The molecule has 0 saturated heterocycles. The van der Waals surface area contributed by atoms with Crippen molar-refractivity contribution in [2.45, 2.75) is 33.2 Å². The number of benzene rings is 1. The molecule has 0 N–H and O–H groups in total. The first-order valence-electron chi connectivity index (χ1n) is 8.23. The van der Waals surface area contributed by atoms with Gasteiger partial charge in [-0.3, -0.25) is 9.48 Å². The van der Waals surface area contributed by atoms with E-state index in [4.69, 9.17) is 4.74 Å². The van der Waals surface area contributed by atoms with E-state index in [0.717, 1.165) is 28.3 Å². The fraction of sp³-hybridized carbons (Fsp3) is 0.316. The highest BCUT2D eigenvalue weighted by molar-refractivity contribution is 5.78. The lowest BCUT2D eigenvalue weighted by Gasteiger charge is -2.10. The Bertz CT molecular complexity index is 880. The molecular formula is C19H22N4O2. The van der Waals surface area contributed by atoms with Crippen molar-refractivity contribution in [1.29, 1.82) is 0 Å². The minimum absolute atomic E-state index is 0.251. The molecule has 0 unspecified atom stereocenters. The van der Waals surface area contributed by atoms with Crippen molar-refractivity contribution < 1.29 is 9.53 Å². The number of hydrogen-bond donors (Lipinski definition) is 0. The predicted octanol–water partition coefficient (Wildman–Crippen LogP) is 3.01. The van der Waals surface area contributed by atoms with E-state index in [1.165, 1.54) is 7.11 Å². The summed E-state index contributed by atoms with van der Waals surface area (Å²) in [5.74, 6) is -0.584. The molecule has 3 rings (SSSR count). The standard InChI is InChI=1S/C19H22N4O2/c1-13(19(24)25-4)18-14(2)20-23(15(18)3)12-16-10-11-22(21-16)17-8-6-5-7-9-17/h5-11,13H,12H2,1-4H3/t13-/m0/s1. The zero-order valence-electron chi connectivity index (χ0n) is 14.9. The minimum atomic E-state index is -0.333. The van der Waals surface area contributed by atoms with Gasteiger partial charge in [0.2, 0.25) is 0 Å². The quantitative estimate of drug-likeness (QED) is 0.671. The zero-order chi connectivity index (χ0) is 18.0. The van der Waals surface area contributed by atoms with Crippen molar-refractivity contribution in [1.82, 2.24) is 19.6 Å². The van der Waals surface area contributed by atoms with Crippen LogP contribution >= 0.6 is 0 Å². The molecule has 0 saturated carbocycles. The summed E-state index contributed by atoms with van der Waals surface area (Å²) in [6.07, 6.45) is 1.94. The van der Waals surface area contributed by atoms with E-state index in [0.29, 0.717) is 6.54 Å². The van der Waals surface area contributed by atoms with Crippen LogP contribution in [0.4, 0.5) is 0 Å². The first kappa shape index (κ1) is 17.0. The Balaban J connectivity index is 1.85. The molecule has 2 aromatic heterocycles. The van der Waals surface area contributed by atoms with Gasteiger partial charge in [-0.25, -0.2) is 4.68 Å². The monoisotopic (exact) mass is 338 g/mol. The second kappa shape index (κ2) is 6.93. The van der Waals surface area contributed by atoms with Crippen molar-refractivity contribution in [3.8, 4) is 5.69 Å². The molecule has 25 heavy (non-hydrogen) atoms. The normalized spacial score (nSPS) is 12.2. The fourth-order valence-corrected chi connectivity index (χ4v) is 3.11. The number of para-hydroxylation sites is 1. The summed E-state index contributed by atoms with van der Waals surface area (Å²) < 4.78 is 8.60. The van der Waals surface area contributed by atoms with Crippen LogP contribution in [0.2, 0.25) is 0 Å². The van der Waals surface area contributed by atoms with Crippen LogP contribution in [-0.4, -0.2) is 32.6 Å². The molecule has 0 aliphatic heterocycles. The maximum atomic E-state index is 11.9. The molecule has 130 valence electrons. The van der Waals surface area contributed by atoms with Crippen LogP contribution in [0.25, 0.3) is 5.69 Å². The summed E-state index contributed by atoms with van der Waals surface area (Å²) in [5, 5.41) is 9.20. The average Bonchev–Trinajstić information content (AvgIpc) is 3.19. The van der Waals surface area contributed by atoms with Crippen molar-refractivity contribution in [3.05, 3.63) is 65.2 Å². The maximum absolute atomic E-state index is 11.9. The van der Waals surface area contributed by atoms with Gasteiger partial charge in [0.1, 0.15) is 0 Å². The van der Waals surface area contributed by atoms with E-state index >= 15 is 0 Å². The van der Waals surface area contributed by atoms with E-state index in [-0.39, 0.29) is 11.9 Å². The SMILES string of the molecule is COC(=O)[C@@H](C)c1c(C)nn(Cc2ccn(-c3ccccc3)n2)c1C. The third-order valence-corrected chi connectivity index (χ3v) is 4.40. The molecule has 0 bridgehead atoms. The molecule has 0 aliphatic rings. The number of aromatic nitrogens is 4. The maximum Gasteiger partial charge on any atom is 0.312 e. The third kappa shape index (κ3) is 3.33. The highest BCUT2D eigenvalue weighted by atomic mass is 16.5. The number of carbonyl (C=O) groups is 1. The van der Waals surface area contributed by atoms with E-state index < -0.39 is 0 Å². The van der Waals surface area contributed by atoms with Gasteiger partial charge in [-0.1, -0.05) is 18.2 Å². The average molecular weight is 338 g/mol. The molecule has 0 fully saturated rings. The summed E-state index contributed by atoms with van der Waals surface area (Å²) in [6.45, 7) is 6.29. The lowest BCUT2D eigenvalue weighted by Crippen LogP contribution is -2.13. The Morgan fingerprint density at radius 3 is 2.56 bits per heavy atom. The topological polar surface area (TPSA) is 61.9 Å². The van der Waals surface area contributed by atoms with Gasteiger partial charge in [0.25, 0.3) is 0 Å². The molecule has 0 radical (unpaired) electrons. The van der Waals surface area contributed by atoms with E-state index in [2.05, 4.69) is 10.2 Å². The largest absolute Gasteiger partial charge is 0.469 e. The van der Waals surface area contributed by atoms with Crippen molar-refractivity contribution in [2.75, 3.05) is 7.11 Å². The molecule has 3 aromatic rings. The molecule has 0 aliphatic carbocycles. The van der Waals surface area contributed by atoms with Crippen LogP contribution in [0.3, 0.4) is 0 Å². The molecule has 1 atom stereocenters. The smallest absolute Gasteiger partial charge is 0.312 e. The van der Waals surface area contributed by atoms with Crippen molar-refractivity contribution >= 4 is 5.97 Å². The van der Waals surface area contributed by atoms with E-state index in [1.807, 2.05) is 72.7 Å². The lowest BCUT2D eigenvalue weighted by atomic mass is 9.99. The molecule has 0 spiro atoms. The molecular weight excluding hydrogens is 316 g/mol. The minimum Gasteiger partial charge on any atom is -0.469 e. The molecule has 6 heteroatoms. The number of nitrogens with zero attached hydrogens (tertiary/aromatic N) is 4. The van der Waals surface area contributed by atoms with Crippen LogP contribution in [-0.2, 0) is 16.1 Å². The van der Waals surface area contributed by atoms with E-state index in [9.17, 15) is 4.79 Å². The summed E-state index contributed by atoms with van der Waals surface area (Å²) in [7, 11) is 1.41. The Morgan fingerprint density at radius 1 is 1.16 bits per heavy atom. The number of carbonyl (C=O) groups excluding carboxylic acids is 1. The number of hydrogen-bond acceptors (Lipinski definition) is 4. The van der Waals surface area contributed by atoms with Gasteiger partial charge in [-0.15, -0.1) is 0 Å². The van der Waals surface area contributed by atoms with E-state index in [1.54, 1.807) is 0 Å².